The van der Waals surface area contributed by atoms with Gasteiger partial charge in [0.25, 0.3) is 0 Å². The Balaban J connectivity index is 1.91. The Hall–Kier alpha value is -3.45. The minimum Gasteiger partial charge on any atom is -0.495 e. The molecule has 170 valence electrons. The molecule has 33 heavy (non-hydrogen) atoms. The van der Waals surface area contributed by atoms with Gasteiger partial charge in [-0.1, -0.05) is 11.6 Å². The van der Waals surface area contributed by atoms with Gasteiger partial charge in [0.1, 0.15) is 11.3 Å². The molecule has 10 heteroatoms. The molecule has 1 atom stereocenters. The molecule has 1 aromatic heterocycles. The van der Waals surface area contributed by atoms with Crippen molar-refractivity contribution in [3.8, 4) is 11.8 Å². The summed E-state index contributed by atoms with van der Waals surface area (Å²) in [5, 5.41) is 23.9. The number of ether oxygens (including phenoxy) is 1. The number of rotatable bonds is 4. The Bertz CT molecular complexity index is 1320. The van der Waals surface area contributed by atoms with E-state index >= 15 is 0 Å². The number of methoxy groups -OCH3 is 1. The van der Waals surface area contributed by atoms with Crippen LogP contribution in [0.3, 0.4) is 0 Å². The maximum absolute atomic E-state index is 14.8. The summed E-state index contributed by atoms with van der Waals surface area (Å²) in [7, 11) is 1.46. The number of carbonyl (C=O) groups excluding carboxylic acids is 1. The average molecular weight is 470 g/mol. The van der Waals surface area contributed by atoms with Crippen LogP contribution in [0.4, 0.5) is 10.1 Å². The Morgan fingerprint density at radius 2 is 2.18 bits per heavy atom. The highest BCUT2D eigenvalue weighted by Crippen LogP contribution is 2.37. The van der Waals surface area contributed by atoms with Crippen LogP contribution in [-0.4, -0.2) is 34.6 Å². The fourth-order valence-corrected chi connectivity index (χ4v) is 4.20. The third-order valence-corrected chi connectivity index (χ3v) is 5.97. The molecule has 1 aliphatic heterocycles. The van der Waals surface area contributed by atoms with Crippen molar-refractivity contribution < 1.29 is 19.0 Å². The summed E-state index contributed by atoms with van der Waals surface area (Å²) in [6.45, 7) is 2.07. The third kappa shape index (κ3) is 4.16. The monoisotopic (exact) mass is 469 g/mol. The lowest BCUT2D eigenvalue weighted by atomic mass is 9.97. The number of hydrogen-bond acceptors (Lipinski definition) is 7. The van der Waals surface area contributed by atoms with Crippen LogP contribution >= 0.6 is 11.6 Å². The number of nitriles is 1. The Labute approximate surface area is 194 Å². The number of nitrogens with two attached hydrogens (primary N) is 1. The van der Waals surface area contributed by atoms with Gasteiger partial charge in [-0.15, -0.1) is 0 Å². The average Bonchev–Trinajstić information content (AvgIpc) is 2.78. The molecule has 4 N–H and O–H groups in total. The summed E-state index contributed by atoms with van der Waals surface area (Å²) in [5.41, 5.74) is 8.04. The van der Waals surface area contributed by atoms with Crippen LogP contribution in [0.1, 0.15) is 29.3 Å². The minimum absolute atomic E-state index is 0.0371. The number of halogens is 2. The molecule has 0 spiro atoms. The van der Waals surface area contributed by atoms with E-state index in [0.29, 0.717) is 30.0 Å². The molecule has 0 saturated heterocycles. The molecule has 4 rings (SSSR count). The van der Waals surface area contributed by atoms with Gasteiger partial charge in [-0.3, -0.25) is 10.5 Å². The van der Waals surface area contributed by atoms with E-state index in [1.54, 1.807) is 11.0 Å². The molecule has 0 saturated carbocycles. The lowest BCUT2D eigenvalue weighted by Crippen LogP contribution is -2.45. The predicted molar refractivity (Wildman–Crippen MR) is 121 cm³/mol. The lowest BCUT2D eigenvalue weighted by Gasteiger charge is -2.33. The number of nitrogens with one attached hydrogen (secondary N) is 1. The number of nitrogens with zero attached hydrogens (tertiary/aromatic N) is 3. The van der Waals surface area contributed by atoms with E-state index in [4.69, 9.17) is 22.1 Å². The zero-order valence-electron chi connectivity index (χ0n) is 17.9. The number of carbonyl (C=O) groups is 1. The number of fused-ring (bicyclic) bond motifs is 2. The molecule has 0 fully saturated rings. The molecule has 0 radical (unpaired) electrons. The SMILES string of the molecule is COc1ccc(C(N)(O)Nc2c3c(nc4c(F)cc(C#N)cc24)CCN(C(C)=O)C3)cc1Cl. The molecule has 2 heterocycles. The quantitative estimate of drug-likeness (QED) is 0.501. The first kappa shape index (κ1) is 22.7. The minimum atomic E-state index is -2.13. The Morgan fingerprint density at radius 1 is 1.42 bits per heavy atom. The first-order chi connectivity index (χ1) is 15.6. The van der Waals surface area contributed by atoms with Crippen molar-refractivity contribution in [3.63, 3.8) is 0 Å². The van der Waals surface area contributed by atoms with E-state index in [2.05, 4.69) is 10.3 Å². The Kier molecular flexibility index (Phi) is 5.84. The van der Waals surface area contributed by atoms with Crippen molar-refractivity contribution in [1.29, 1.82) is 5.26 Å². The van der Waals surface area contributed by atoms with Gasteiger partial charge in [-0.05, 0) is 30.3 Å². The van der Waals surface area contributed by atoms with Gasteiger partial charge in [-0.25, -0.2) is 9.37 Å². The summed E-state index contributed by atoms with van der Waals surface area (Å²) in [4.78, 5) is 18.1. The zero-order chi connectivity index (χ0) is 23.9. The van der Waals surface area contributed by atoms with Crippen LogP contribution in [0.15, 0.2) is 30.3 Å². The molecule has 1 amide bonds. The number of aliphatic hydroxyl groups is 1. The van der Waals surface area contributed by atoms with Crippen LogP contribution in [0.2, 0.25) is 5.02 Å². The smallest absolute Gasteiger partial charge is 0.219 e. The summed E-state index contributed by atoms with van der Waals surface area (Å²) in [6, 6.07) is 9.05. The Morgan fingerprint density at radius 3 is 2.82 bits per heavy atom. The van der Waals surface area contributed by atoms with Crippen LogP contribution in [0.25, 0.3) is 10.9 Å². The number of amides is 1. The van der Waals surface area contributed by atoms with Gasteiger partial charge in [0.15, 0.2) is 5.82 Å². The van der Waals surface area contributed by atoms with Crippen molar-refractivity contribution in [2.24, 2.45) is 5.73 Å². The van der Waals surface area contributed by atoms with Crippen molar-refractivity contribution in [2.45, 2.75) is 25.7 Å². The van der Waals surface area contributed by atoms with Crippen molar-refractivity contribution in [2.75, 3.05) is 19.0 Å². The normalized spacial score (nSPS) is 14.9. The zero-order valence-corrected chi connectivity index (χ0v) is 18.7. The maximum Gasteiger partial charge on any atom is 0.219 e. The second kappa shape index (κ2) is 8.48. The van der Waals surface area contributed by atoms with E-state index in [-0.39, 0.29) is 45.2 Å². The molecule has 1 unspecified atom stereocenters. The van der Waals surface area contributed by atoms with Crippen molar-refractivity contribution in [3.05, 3.63) is 63.6 Å². The molecular formula is C23H21ClFN5O3. The van der Waals surface area contributed by atoms with Gasteiger partial charge < -0.3 is 20.1 Å². The maximum atomic E-state index is 14.8. The molecule has 0 aliphatic carbocycles. The van der Waals surface area contributed by atoms with Gasteiger partial charge >= 0.3 is 0 Å². The molecule has 0 bridgehead atoms. The highest BCUT2D eigenvalue weighted by Gasteiger charge is 2.31. The second-order valence-corrected chi connectivity index (χ2v) is 8.22. The van der Waals surface area contributed by atoms with Crippen molar-refractivity contribution in [1.82, 2.24) is 9.88 Å². The second-order valence-electron chi connectivity index (χ2n) is 7.81. The fraction of sp³-hybridized carbons (Fsp3) is 0.261. The molecule has 1 aliphatic rings. The topological polar surface area (TPSA) is 124 Å². The van der Waals surface area contributed by atoms with Crippen LogP contribution in [0.5, 0.6) is 5.75 Å². The van der Waals surface area contributed by atoms with Gasteiger partial charge in [0.2, 0.25) is 11.8 Å². The van der Waals surface area contributed by atoms with E-state index in [1.165, 1.54) is 32.2 Å². The van der Waals surface area contributed by atoms with E-state index in [0.717, 1.165) is 6.07 Å². The molecule has 8 nitrogen and oxygen atoms in total. The van der Waals surface area contributed by atoms with Crippen LogP contribution < -0.4 is 15.8 Å². The number of pyridine rings is 1. The number of anilines is 1. The first-order valence-electron chi connectivity index (χ1n) is 10.1. The summed E-state index contributed by atoms with van der Waals surface area (Å²) in [5.74, 6) is -2.53. The molecule has 2 aromatic carbocycles. The summed E-state index contributed by atoms with van der Waals surface area (Å²) < 4.78 is 20.0. The highest BCUT2D eigenvalue weighted by molar-refractivity contribution is 6.32. The van der Waals surface area contributed by atoms with Crippen molar-refractivity contribution >= 4 is 34.1 Å². The lowest BCUT2D eigenvalue weighted by molar-refractivity contribution is -0.129. The summed E-state index contributed by atoms with van der Waals surface area (Å²) in [6.07, 6.45) is 0.399. The number of benzene rings is 2. The van der Waals surface area contributed by atoms with Gasteiger partial charge in [0, 0.05) is 42.9 Å². The van der Waals surface area contributed by atoms with E-state index in [9.17, 15) is 19.6 Å². The van der Waals surface area contributed by atoms with E-state index < -0.39 is 11.7 Å². The predicted octanol–water partition coefficient (Wildman–Crippen LogP) is 2.99. The molecule has 3 aromatic rings. The van der Waals surface area contributed by atoms with Crippen LogP contribution in [-0.2, 0) is 23.6 Å². The number of aromatic nitrogens is 1. The fourth-order valence-electron chi connectivity index (χ4n) is 3.94. The van der Waals surface area contributed by atoms with Crippen LogP contribution in [0, 0.1) is 17.1 Å². The van der Waals surface area contributed by atoms with Gasteiger partial charge in [0.05, 0.1) is 35.1 Å². The third-order valence-electron chi connectivity index (χ3n) is 5.68. The van der Waals surface area contributed by atoms with E-state index in [1.807, 2.05) is 6.07 Å². The largest absolute Gasteiger partial charge is 0.495 e. The summed E-state index contributed by atoms with van der Waals surface area (Å²) >= 11 is 6.20. The molecular weight excluding hydrogens is 449 g/mol. The highest BCUT2D eigenvalue weighted by atomic mass is 35.5. The van der Waals surface area contributed by atoms with Gasteiger partial charge in [-0.2, -0.15) is 5.26 Å². The number of hydrogen-bond donors (Lipinski definition) is 3. The standard InChI is InChI=1S/C23H21ClFN5O3/c1-12(31)30-6-5-19-16(11-30)21(15-7-13(10-26)8-18(25)22(15)28-19)29-23(27,32)14-3-4-20(33-2)17(24)9-14/h3-4,7-9,32H,5-6,11,27H2,1-2H3,(H,28,29). The first-order valence-corrected chi connectivity index (χ1v) is 10.5.